The molecule has 1 aliphatic heterocycles. The van der Waals surface area contributed by atoms with Crippen molar-refractivity contribution in [3.8, 4) is 0 Å². The topological polar surface area (TPSA) is 93.4 Å². The van der Waals surface area contributed by atoms with Gasteiger partial charge in [0.25, 0.3) is 0 Å². The second kappa shape index (κ2) is 5.80. The number of methoxy groups -OCH3 is 1. The minimum Gasteiger partial charge on any atom is -0.377 e. The molecule has 0 saturated carbocycles. The molecular weight excluding hydrogens is 274 g/mol. The Bertz CT molecular complexity index is 551. The molecule has 2 rings (SSSR count). The van der Waals surface area contributed by atoms with Crippen LogP contribution in [0.2, 0.25) is 0 Å². The van der Waals surface area contributed by atoms with Crippen molar-refractivity contribution in [3.05, 3.63) is 15.8 Å². The summed E-state index contributed by atoms with van der Waals surface area (Å²) in [6, 6.07) is 0. The van der Waals surface area contributed by atoms with Gasteiger partial charge in [0.1, 0.15) is 5.69 Å². The first-order valence-corrected chi connectivity index (χ1v) is 6.91. The number of anilines is 2. The van der Waals surface area contributed by atoms with Crippen LogP contribution in [-0.4, -0.2) is 47.7 Å². The lowest BCUT2D eigenvalue weighted by molar-refractivity contribution is -0.385. The Hall–Kier alpha value is -1.96. The molecular formula is C13H21N5O3. The van der Waals surface area contributed by atoms with Gasteiger partial charge in [-0.05, 0) is 26.7 Å². The van der Waals surface area contributed by atoms with E-state index in [2.05, 4.69) is 15.3 Å². The maximum absolute atomic E-state index is 11.4. The van der Waals surface area contributed by atoms with Crippen molar-refractivity contribution in [1.82, 2.24) is 9.97 Å². The number of nitro groups is 1. The molecule has 1 aromatic rings. The molecule has 1 fully saturated rings. The smallest absolute Gasteiger partial charge is 0.332 e. The Balaban J connectivity index is 2.46. The number of ether oxygens (including phenoxy) is 1. The second-order valence-corrected chi connectivity index (χ2v) is 5.49. The number of hydrogen-bond acceptors (Lipinski definition) is 7. The van der Waals surface area contributed by atoms with Crippen molar-refractivity contribution < 1.29 is 9.66 Å². The summed E-state index contributed by atoms with van der Waals surface area (Å²) in [5, 5.41) is 14.2. The number of aryl methyl sites for hydroxylation is 1. The molecule has 21 heavy (non-hydrogen) atoms. The van der Waals surface area contributed by atoms with Crippen molar-refractivity contribution in [2.75, 3.05) is 37.5 Å². The third kappa shape index (κ3) is 3.05. The van der Waals surface area contributed by atoms with Crippen molar-refractivity contribution in [3.63, 3.8) is 0 Å². The first-order valence-electron chi connectivity index (χ1n) is 6.91. The van der Waals surface area contributed by atoms with Crippen molar-refractivity contribution >= 4 is 17.5 Å². The molecule has 0 aromatic carbocycles. The summed E-state index contributed by atoms with van der Waals surface area (Å²) in [4.78, 5) is 21.3. The molecule has 116 valence electrons. The highest BCUT2D eigenvalue weighted by Crippen LogP contribution is 2.34. The van der Waals surface area contributed by atoms with Gasteiger partial charge in [-0.15, -0.1) is 0 Å². The van der Waals surface area contributed by atoms with Crippen LogP contribution in [0.25, 0.3) is 0 Å². The standard InChI is InChI=1S/C13H21N5O3/c1-9-10(18(19)20)11(16-12(14-3)15-9)17-7-5-6-13(2,8-17)21-4/h5-8H2,1-4H3,(H,14,15,16). The van der Waals surface area contributed by atoms with Crippen LogP contribution in [0.5, 0.6) is 0 Å². The van der Waals surface area contributed by atoms with Crippen molar-refractivity contribution in [1.29, 1.82) is 0 Å². The second-order valence-electron chi connectivity index (χ2n) is 5.49. The zero-order valence-corrected chi connectivity index (χ0v) is 12.8. The number of aromatic nitrogens is 2. The highest BCUT2D eigenvalue weighted by atomic mass is 16.6. The molecule has 1 aliphatic rings. The number of nitrogens with one attached hydrogen (secondary N) is 1. The Morgan fingerprint density at radius 1 is 1.48 bits per heavy atom. The summed E-state index contributed by atoms with van der Waals surface area (Å²) in [5.74, 6) is 0.748. The van der Waals surface area contributed by atoms with Crippen LogP contribution in [0.4, 0.5) is 17.5 Å². The van der Waals surface area contributed by atoms with Crippen LogP contribution < -0.4 is 10.2 Å². The Morgan fingerprint density at radius 2 is 2.19 bits per heavy atom. The van der Waals surface area contributed by atoms with Crippen LogP contribution in [-0.2, 0) is 4.74 Å². The van der Waals surface area contributed by atoms with Gasteiger partial charge < -0.3 is 15.0 Å². The van der Waals surface area contributed by atoms with Crippen LogP contribution >= 0.6 is 0 Å². The summed E-state index contributed by atoms with van der Waals surface area (Å²) >= 11 is 0. The van der Waals surface area contributed by atoms with Gasteiger partial charge in [-0.25, -0.2) is 4.98 Å². The van der Waals surface area contributed by atoms with E-state index in [1.165, 1.54) is 0 Å². The fourth-order valence-electron chi connectivity index (χ4n) is 2.65. The maximum atomic E-state index is 11.4. The molecule has 1 unspecified atom stereocenters. The fraction of sp³-hybridized carbons (Fsp3) is 0.692. The largest absolute Gasteiger partial charge is 0.377 e. The number of nitrogens with zero attached hydrogens (tertiary/aromatic N) is 4. The third-order valence-corrected chi connectivity index (χ3v) is 3.90. The molecule has 8 nitrogen and oxygen atoms in total. The van der Waals surface area contributed by atoms with E-state index in [1.54, 1.807) is 21.1 Å². The summed E-state index contributed by atoms with van der Waals surface area (Å²) < 4.78 is 5.55. The predicted molar refractivity (Wildman–Crippen MR) is 79.8 cm³/mol. The highest BCUT2D eigenvalue weighted by molar-refractivity contribution is 5.62. The normalized spacial score (nSPS) is 22.2. The Labute approximate surface area is 123 Å². The SMILES string of the molecule is CNc1nc(C)c([N+](=O)[O-])c(N2CCCC(C)(OC)C2)n1. The molecule has 1 saturated heterocycles. The minimum absolute atomic E-state index is 0.0330. The average molecular weight is 295 g/mol. The molecule has 0 bridgehead atoms. The van der Waals surface area contributed by atoms with E-state index in [1.807, 2.05) is 11.8 Å². The number of rotatable bonds is 4. The van der Waals surface area contributed by atoms with E-state index < -0.39 is 4.92 Å². The van der Waals surface area contributed by atoms with Crippen LogP contribution in [0.3, 0.4) is 0 Å². The van der Waals surface area contributed by atoms with E-state index >= 15 is 0 Å². The first-order chi connectivity index (χ1) is 9.90. The van der Waals surface area contributed by atoms with E-state index in [0.29, 0.717) is 24.0 Å². The predicted octanol–water partition coefficient (Wildman–Crippen LogP) is 1.74. The van der Waals surface area contributed by atoms with Gasteiger partial charge in [0.05, 0.1) is 10.5 Å². The minimum atomic E-state index is -0.414. The molecule has 2 heterocycles. The van der Waals surface area contributed by atoms with Gasteiger partial charge >= 0.3 is 5.69 Å². The molecule has 0 radical (unpaired) electrons. The lowest BCUT2D eigenvalue weighted by atomic mass is 9.94. The van der Waals surface area contributed by atoms with Gasteiger partial charge in [0.2, 0.25) is 11.8 Å². The number of hydrogen-bond donors (Lipinski definition) is 1. The summed E-state index contributed by atoms with van der Waals surface area (Å²) in [5.41, 5.74) is 0.0125. The van der Waals surface area contributed by atoms with Crippen LogP contribution in [0.15, 0.2) is 0 Å². The monoisotopic (exact) mass is 295 g/mol. The average Bonchev–Trinajstić information content (AvgIpc) is 2.46. The van der Waals surface area contributed by atoms with Gasteiger partial charge in [-0.2, -0.15) is 4.98 Å². The van der Waals surface area contributed by atoms with Gasteiger partial charge in [0, 0.05) is 27.2 Å². The molecule has 0 aliphatic carbocycles. The highest BCUT2D eigenvalue weighted by Gasteiger charge is 2.35. The Kier molecular flexibility index (Phi) is 4.26. The first kappa shape index (κ1) is 15.4. The third-order valence-electron chi connectivity index (χ3n) is 3.90. The molecule has 1 aromatic heterocycles. The van der Waals surface area contributed by atoms with E-state index in [4.69, 9.17) is 4.74 Å². The van der Waals surface area contributed by atoms with E-state index in [0.717, 1.165) is 19.4 Å². The molecule has 1 atom stereocenters. The zero-order chi connectivity index (χ0) is 15.6. The van der Waals surface area contributed by atoms with Crippen LogP contribution in [0, 0.1) is 17.0 Å². The summed E-state index contributed by atoms with van der Waals surface area (Å²) in [6.07, 6.45) is 1.83. The molecule has 0 spiro atoms. The van der Waals surface area contributed by atoms with E-state index in [-0.39, 0.29) is 11.3 Å². The quantitative estimate of drug-likeness (QED) is 0.668. The van der Waals surface area contributed by atoms with E-state index in [9.17, 15) is 10.1 Å². The van der Waals surface area contributed by atoms with Crippen molar-refractivity contribution in [2.24, 2.45) is 0 Å². The summed E-state index contributed by atoms with van der Waals surface area (Å²) in [7, 11) is 3.36. The maximum Gasteiger partial charge on any atom is 0.332 e. The summed E-state index contributed by atoms with van der Waals surface area (Å²) in [6.45, 7) is 4.94. The lowest BCUT2D eigenvalue weighted by Gasteiger charge is -2.39. The molecule has 0 amide bonds. The Morgan fingerprint density at radius 3 is 2.76 bits per heavy atom. The van der Waals surface area contributed by atoms with Gasteiger partial charge in [0.15, 0.2) is 0 Å². The number of piperidine rings is 1. The molecule has 1 N–H and O–H groups in total. The van der Waals surface area contributed by atoms with Crippen molar-refractivity contribution in [2.45, 2.75) is 32.3 Å². The van der Waals surface area contributed by atoms with Gasteiger partial charge in [-0.3, -0.25) is 10.1 Å². The van der Waals surface area contributed by atoms with Gasteiger partial charge in [-0.1, -0.05) is 0 Å². The fourth-order valence-corrected chi connectivity index (χ4v) is 2.65. The molecule has 8 heteroatoms. The van der Waals surface area contributed by atoms with Crippen LogP contribution in [0.1, 0.15) is 25.5 Å². The zero-order valence-electron chi connectivity index (χ0n) is 12.8. The lowest BCUT2D eigenvalue weighted by Crippen LogP contribution is -2.48.